The van der Waals surface area contributed by atoms with Crippen molar-refractivity contribution in [2.45, 2.75) is 13.3 Å². The fraction of sp³-hybridized carbons (Fsp3) is 0.462. The molecule has 0 bridgehead atoms. The molecule has 0 aliphatic carbocycles. The van der Waals surface area contributed by atoms with Crippen LogP contribution in [0.5, 0.6) is 0 Å². The Kier molecular flexibility index (Phi) is 5.77. The summed E-state index contributed by atoms with van der Waals surface area (Å²) in [6, 6.07) is 3.33. The van der Waals surface area contributed by atoms with Crippen LogP contribution in [0.2, 0.25) is 0 Å². The van der Waals surface area contributed by atoms with Crippen LogP contribution in [0.1, 0.15) is 11.4 Å². The van der Waals surface area contributed by atoms with Crippen LogP contribution < -0.4 is 5.32 Å². The fourth-order valence-electron chi connectivity index (χ4n) is 1.90. The SMILES string of the molecule is Cc1nc2cc(NCCSCCCO)c([N+](=O)[O-])cc2s1. The number of aryl methyl sites for hydroxylation is 1. The van der Waals surface area contributed by atoms with E-state index >= 15 is 0 Å². The van der Waals surface area contributed by atoms with Crippen LogP contribution in [0.15, 0.2) is 12.1 Å². The van der Waals surface area contributed by atoms with Crippen molar-refractivity contribution in [3.8, 4) is 0 Å². The molecule has 0 spiro atoms. The van der Waals surface area contributed by atoms with Gasteiger partial charge >= 0.3 is 0 Å². The lowest BCUT2D eigenvalue weighted by atomic mass is 10.2. The number of nitrogens with one attached hydrogen (secondary N) is 1. The first kappa shape index (κ1) is 16.0. The molecule has 2 aromatic rings. The fourth-order valence-corrected chi connectivity index (χ4v) is 3.52. The average molecular weight is 327 g/mol. The lowest BCUT2D eigenvalue weighted by Gasteiger charge is -2.07. The second-order valence-corrected chi connectivity index (χ2v) is 6.90. The molecule has 2 rings (SSSR count). The van der Waals surface area contributed by atoms with Crippen LogP contribution >= 0.6 is 23.1 Å². The molecule has 8 heteroatoms. The van der Waals surface area contributed by atoms with E-state index in [2.05, 4.69) is 10.3 Å². The molecule has 0 fully saturated rings. The van der Waals surface area contributed by atoms with Crippen LogP contribution in [0, 0.1) is 17.0 Å². The molecular weight excluding hydrogens is 310 g/mol. The molecule has 0 unspecified atom stereocenters. The summed E-state index contributed by atoms with van der Waals surface area (Å²) in [6.45, 7) is 2.73. The molecule has 1 aromatic carbocycles. The zero-order valence-corrected chi connectivity index (χ0v) is 13.3. The summed E-state index contributed by atoms with van der Waals surface area (Å²) in [4.78, 5) is 15.2. The zero-order chi connectivity index (χ0) is 15.2. The second-order valence-electron chi connectivity index (χ2n) is 4.44. The molecule has 2 N–H and O–H groups in total. The minimum absolute atomic E-state index is 0.0894. The van der Waals surface area contributed by atoms with Crippen molar-refractivity contribution in [3.63, 3.8) is 0 Å². The van der Waals surface area contributed by atoms with E-state index in [0.29, 0.717) is 12.2 Å². The number of aromatic nitrogens is 1. The van der Waals surface area contributed by atoms with Gasteiger partial charge in [0.1, 0.15) is 5.69 Å². The van der Waals surface area contributed by atoms with Crippen LogP contribution in [0.25, 0.3) is 10.2 Å². The molecule has 21 heavy (non-hydrogen) atoms. The Balaban J connectivity index is 2.06. The van der Waals surface area contributed by atoms with Crippen molar-refractivity contribution < 1.29 is 10.0 Å². The smallest absolute Gasteiger partial charge is 0.293 e. The average Bonchev–Trinajstić information content (AvgIpc) is 2.80. The van der Waals surface area contributed by atoms with E-state index in [0.717, 1.165) is 33.2 Å². The molecule has 1 aromatic heterocycles. The number of anilines is 1. The quantitative estimate of drug-likeness (QED) is 0.440. The first-order valence-corrected chi connectivity index (χ1v) is 8.57. The van der Waals surface area contributed by atoms with Gasteiger partial charge in [0, 0.05) is 25.0 Å². The van der Waals surface area contributed by atoms with Crippen molar-refractivity contribution in [1.29, 1.82) is 0 Å². The minimum Gasteiger partial charge on any atom is -0.396 e. The zero-order valence-electron chi connectivity index (χ0n) is 11.7. The summed E-state index contributed by atoms with van der Waals surface area (Å²) in [7, 11) is 0. The number of nitrogens with zero attached hydrogens (tertiary/aromatic N) is 2. The maximum Gasteiger partial charge on any atom is 0.293 e. The number of rotatable bonds is 8. The number of nitro groups is 1. The van der Waals surface area contributed by atoms with E-state index in [1.165, 1.54) is 11.3 Å². The highest BCUT2D eigenvalue weighted by Gasteiger charge is 2.16. The van der Waals surface area contributed by atoms with Crippen LogP contribution in [0.3, 0.4) is 0 Å². The van der Waals surface area contributed by atoms with Crippen LogP contribution in [-0.4, -0.2) is 39.7 Å². The summed E-state index contributed by atoms with van der Waals surface area (Å²) in [5.41, 5.74) is 1.39. The van der Waals surface area contributed by atoms with Gasteiger partial charge in [-0.1, -0.05) is 0 Å². The third-order valence-electron chi connectivity index (χ3n) is 2.82. The van der Waals surface area contributed by atoms with Gasteiger partial charge in [0.2, 0.25) is 0 Å². The van der Waals surface area contributed by atoms with Gasteiger partial charge in [-0.05, 0) is 25.2 Å². The number of fused-ring (bicyclic) bond motifs is 1. The van der Waals surface area contributed by atoms with Gasteiger partial charge in [-0.15, -0.1) is 11.3 Å². The third-order valence-corrected chi connectivity index (χ3v) is 4.82. The molecule has 0 saturated heterocycles. The van der Waals surface area contributed by atoms with Gasteiger partial charge in [0.05, 0.1) is 20.1 Å². The van der Waals surface area contributed by atoms with Crippen molar-refractivity contribution in [2.24, 2.45) is 0 Å². The van der Waals surface area contributed by atoms with E-state index < -0.39 is 0 Å². The van der Waals surface area contributed by atoms with E-state index in [1.54, 1.807) is 23.9 Å². The van der Waals surface area contributed by atoms with Gasteiger partial charge in [-0.3, -0.25) is 10.1 Å². The first-order valence-electron chi connectivity index (χ1n) is 6.60. The van der Waals surface area contributed by atoms with Crippen molar-refractivity contribution in [1.82, 2.24) is 4.98 Å². The predicted molar refractivity (Wildman–Crippen MR) is 88.5 cm³/mol. The Labute approximate surface area is 130 Å². The molecule has 6 nitrogen and oxygen atoms in total. The molecular formula is C13H17N3O3S2. The predicted octanol–water partition coefficient (Wildman–Crippen LogP) is 3.04. The second kappa shape index (κ2) is 7.58. The summed E-state index contributed by atoms with van der Waals surface area (Å²) >= 11 is 3.17. The van der Waals surface area contributed by atoms with E-state index in [1.807, 2.05) is 6.92 Å². The topological polar surface area (TPSA) is 88.3 Å². The molecule has 114 valence electrons. The highest BCUT2D eigenvalue weighted by Crippen LogP contribution is 2.32. The number of aliphatic hydroxyl groups is 1. The highest BCUT2D eigenvalue weighted by molar-refractivity contribution is 7.99. The van der Waals surface area contributed by atoms with E-state index in [-0.39, 0.29) is 17.2 Å². The maximum atomic E-state index is 11.2. The minimum atomic E-state index is -0.365. The Morgan fingerprint density at radius 2 is 2.29 bits per heavy atom. The Morgan fingerprint density at radius 3 is 3.00 bits per heavy atom. The summed E-state index contributed by atoms with van der Waals surface area (Å²) in [5, 5.41) is 23.9. The lowest BCUT2D eigenvalue weighted by molar-refractivity contribution is -0.383. The monoisotopic (exact) mass is 327 g/mol. The Hall–Kier alpha value is -1.38. The first-order chi connectivity index (χ1) is 10.1. The summed E-state index contributed by atoms with van der Waals surface area (Å²) in [5.74, 6) is 1.73. The molecule has 0 amide bonds. The largest absolute Gasteiger partial charge is 0.396 e. The lowest BCUT2D eigenvalue weighted by Crippen LogP contribution is -2.07. The number of thiazole rings is 1. The summed E-state index contributed by atoms with van der Waals surface area (Å²) < 4.78 is 0.835. The Bertz CT molecular complexity index is 630. The van der Waals surface area contributed by atoms with Crippen molar-refractivity contribution in [3.05, 3.63) is 27.3 Å². The number of hydrogen-bond acceptors (Lipinski definition) is 7. The number of nitro benzene ring substituents is 1. The Morgan fingerprint density at radius 1 is 1.48 bits per heavy atom. The highest BCUT2D eigenvalue weighted by atomic mass is 32.2. The van der Waals surface area contributed by atoms with Gasteiger partial charge in [-0.2, -0.15) is 11.8 Å². The van der Waals surface area contributed by atoms with E-state index in [4.69, 9.17) is 5.11 Å². The number of aliphatic hydroxyl groups excluding tert-OH is 1. The van der Waals surface area contributed by atoms with Gasteiger partial charge in [0.25, 0.3) is 5.69 Å². The van der Waals surface area contributed by atoms with E-state index in [9.17, 15) is 10.1 Å². The number of hydrogen-bond donors (Lipinski definition) is 2. The summed E-state index contributed by atoms with van der Waals surface area (Å²) in [6.07, 6.45) is 0.773. The molecule has 1 heterocycles. The molecule has 0 saturated carbocycles. The van der Waals surface area contributed by atoms with Crippen molar-refractivity contribution >= 4 is 44.7 Å². The van der Waals surface area contributed by atoms with Gasteiger partial charge in [0.15, 0.2) is 0 Å². The normalized spacial score (nSPS) is 11.0. The molecule has 0 atom stereocenters. The third kappa shape index (κ3) is 4.29. The van der Waals surface area contributed by atoms with Crippen LogP contribution in [-0.2, 0) is 0 Å². The number of benzene rings is 1. The van der Waals surface area contributed by atoms with Crippen molar-refractivity contribution in [2.75, 3.05) is 30.0 Å². The van der Waals surface area contributed by atoms with Crippen LogP contribution in [0.4, 0.5) is 11.4 Å². The molecule has 0 aliphatic rings. The molecule has 0 radical (unpaired) electrons. The standard InChI is InChI=1S/C13H17N3O3S2/c1-9-15-11-7-10(14-3-6-20-5-2-4-17)12(16(18)19)8-13(11)21-9/h7-8,14,17H,2-6H2,1H3. The van der Waals surface area contributed by atoms with Gasteiger partial charge < -0.3 is 10.4 Å². The number of thioether (sulfide) groups is 1. The maximum absolute atomic E-state index is 11.2. The molecule has 0 aliphatic heterocycles. The van der Waals surface area contributed by atoms with Gasteiger partial charge in [-0.25, -0.2) is 4.98 Å².